The molecule has 0 saturated heterocycles. The van der Waals surface area contributed by atoms with Gasteiger partial charge in [0, 0.05) is 23.8 Å². The highest BCUT2D eigenvalue weighted by Gasteiger charge is 2.12. The summed E-state index contributed by atoms with van der Waals surface area (Å²) in [6, 6.07) is 8.93. The monoisotopic (exact) mass is 242 g/mol. The van der Waals surface area contributed by atoms with Crippen molar-refractivity contribution in [1.29, 1.82) is 0 Å². The third-order valence-corrected chi connectivity index (χ3v) is 3.29. The Kier molecular flexibility index (Phi) is 4.71. The SMILES string of the molecule is CCCNC(CCC)c1cncc2ccccc12. The molecule has 0 aliphatic carbocycles. The Labute approximate surface area is 109 Å². The fourth-order valence-corrected chi connectivity index (χ4v) is 2.39. The molecule has 0 bridgehead atoms. The van der Waals surface area contributed by atoms with Crippen molar-refractivity contribution in [3.63, 3.8) is 0 Å². The molecule has 0 aliphatic heterocycles. The first-order chi connectivity index (χ1) is 8.86. The molecule has 18 heavy (non-hydrogen) atoms. The van der Waals surface area contributed by atoms with Gasteiger partial charge in [0.15, 0.2) is 0 Å². The predicted molar refractivity (Wildman–Crippen MR) is 77.7 cm³/mol. The van der Waals surface area contributed by atoms with Crippen molar-refractivity contribution < 1.29 is 0 Å². The van der Waals surface area contributed by atoms with Crippen LogP contribution in [0.1, 0.15) is 44.7 Å². The van der Waals surface area contributed by atoms with E-state index in [1.54, 1.807) is 0 Å². The van der Waals surface area contributed by atoms with E-state index in [1.165, 1.54) is 29.2 Å². The lowest BCUT2D eigenvalue weighted by atomic mass is 9.98. The zero-order chi connectivity index (χ0) is 12.8. The molecule has 2 heteroatoms. The molecular formula is C16H22N2. The standard InChI is InChI=1S/C16H22N2/c1-3-7-16(18-10-4-2)15-12-17-11-13-8-5-6-9-14(13)15/h5-6,8-9,11-12,16,18H,3-4,7,10H2,1-2H3. The van der Waals surface area contributed by atoms with Crippen LogP contribution in [0.25, 0.3) is 10.8 Å². The second-order valence-corrected chi connectivity index (χ2v) is 4.75. The van der Waals surface area contributed by atoms with Crippen molar-refractivity contribution in [2.24, 2.45) is 0 Å². The summed E-state index contributed by atoms with van der Waals surface area (Å²) in [5, 5.41) is 6.20. The van der Waals surface area contributed by atoms with Gasteiger partial charge in [0.25, 0.3) is 0 Å². The van der Waals surface area contributed by atoms with Crippen molar-refractivity contribution in [2.75, 3.05) is 6.54 Å². The highest BCUT2D eigenvalue weighted by molar-refractivity contribution is 5.85. The van der Waals surface area contributed by atoms with E-state index < -0.39 is 0 Å². The Morgan fingerprint density at radius 2 is 1.94 bits per heavy atom. The highest BCUT2D eigenvalue weighted by atomic mass is 14.9. The lowest BCUT2D eigenvalue weighted by molar-refractivity contribution is 0.496. The number of nitrogens with zero attached hydrogens (tertiary/aromatic N) is 1. The van der Waals surface area contributed by atoms with Crippen LogP contribution in [0.15, 0.2) is 36.7 Å². The van der Waals surface area contributed by atoms with E-state index in [9.17, 15) is 0 Å². The van der Waals surface area contributed by atoms with E-state index in [2.05, 4.69) is 48.4 Å². The predicted octanol–water partition coefficient (Wildman–Crippen LogP) is 4.08. The minimum Gasteiger partial charge on any atom is -0.310 e. The van der Waals surface area contributed by atoms with Crippen LogP contribution >= 0.6 is 0 Å². The van der Waals surface area contributed by atoms with Crippen LogP contribution < -0.4 is 5.32 Å². The Balaban J connectivity index is 2.36. The van der Waals surface area contributed by atoms with Gasteiger partial charge in [0.2, 0.25) is 0 Å². The number of aromatic nitrogens is 1. The van der Waals surface area contributed by atoms with Crippen LogP contribution in [0.5, 0.6) is 0 Å². The fourth-order valence-electron chi connectivity index (χ4n) is 2.39. The molecule has 0 amide bonds. The van der Waals surface area contributed by atoms with Gasteiger partial charge in [-0.1, -0.05) is 44.5 Å². The van der Waals surface area contributed by atoms with E-state index in [-0.39, 0.29) is 0 Å². The zero-order valence-corrected chi connectivity index (χ0v) is 11.3. The molecular weight excluding hydrogens is 220 g/mol. The maximum absolute atomic E-state index is 4.38. The van der Waals surface area contributed by atoms with Crippen molar-refractivity contribution in [3.8, 4) is 0 Å². The second kappa shape index (κ2) is 6.50. The molecule has 1 heterocycles. The molecule has 0 aliphatic rings. The third kappa shape index (κ3) is 2.88. The van der Waals surface area contributed by atoms with Crippen molar-refractivity contribution in [1.82, 2.24) is 10.3 Å². The van der Waals surface area contributed by atoms with Crippen LogP contribution in [0.3, 0.4) is 0 Å². The van der Waals surface area contributed by atoms with Gasteiger partial charge in [-0.05, 0) is 30.3 Å². The van der Waals surface area contributed by atoms with Crippen LogP contribution in [-0.2, 0) is 0 Å². The quantitative estimate of drug-likeness (QED) is 0.825. The minimum atomic E-state index is 0.425. The minimum absolute atomic E-state index is 0.425. The molecule has 1 aromatic carbocycles. The Bertz CT molecular complexity index is 488. The molecule has 0 fully saturated rings. The van der Waals surface area contributed by atoms with Crippen LogP contribution in [0.4, 0.5) is 0 Å². The molecule has 1 atom stereocenters. The topological polar surface area (TPSA) is 24.9 Å². The smallest absolute Gasteiger partial charge is 0.0346 e. The van der Waals surface area contributed by atoms with Crippen LogP contribution in [0, 0.1) is 0 Å². The number of hydrogen-bond acceptors (Lipinski definition) is 2. The average Bonchev–Trinajstić information content (AvgIpc) is 2.43. The van der Waals surface area contributed by atoms with Crippen molar-refractivity contribution >= 4 is 10.8 Å². The van der Waals surface area contributed by atoms with Gasteiger partial charge >= 0.3 is 0 Å². The molecule has 1 N–H and O–H groups in total. The van der Waals surface area contributed by atoms with E-state index in [4.69, 9.17) is 0 Å². The molecule has 2 rings (SSSR count). The van der Waals surface area contributed by atoms with Crippen molar-refractivity contribution in [2.45, 2.75) is 39.2 Å². The summed E-state index contributed by atoms with van der Waals surface area (Å²) in [5.74, 6) is 0. The van der Waals surface area contributed by atoms with Crippen LogP contribution in [-0.4, -0.2) is 11.5 Å². The number of hydrogen-bond donors (Lipinski definition) is 1. The molecule has 2 aromatic rings. The first-order valence-corrected chi connectivity index (χ1v) is 6.92. The average molecular weight is 242 g/mol. The van der Waals surface area contributed by atoms with Gasteiger partial charge in [-0.2, -0.15) is 0 Å². The summed E-state index contributed by atoms with van der Waals surface area (Å²) in [7, 11) is 0. The first-order valence-electron chi connectivity index (χ1n) is 6.92. The Morgan fingerprint density at radius 3 is 2.72 bits per heavy atom. The third-order valence-electron chi connectivity index (χ3n) is 3.29. The first kappa shape index (κ1) is 13.0. The molecule has 0 spiro atoms. The Hall–Kier alpha value is -1.41. The summed E-state index contributed by atoms with van der Waals surface area (Å²) in [4.78, 5) is 4.38. The van der Waals surface area contributed by atoms with E-state index in [0.29, 0.717) is 6.04 Å². The highest BCUT2D eigenvalue weighted by Crippen LogP contribution is 2.26. The largest absolute Gasteiger partial charge is 0.310 e. The molecule has 1 aromatic heterocycles. The summed E-state index contributed by atoms with van der Waals surface area (Å²) in [5.41, 5.74) is 1.34. The summed E-state index contributed by atoms with van der Waals surface area (Å²) >= 11 is 0. The number of nitrogens with one attached hydrogen (secondary N) is 1. The molecule has 2 nitrogen and oxygen atoms in total. The normalized spacial score (nSPS) is 12.8. The summed E-state index contributed by atoms with van der Waals surface area (Å²) in [6.45, 7) is 5.50. The lowest BCUT2D eigenvalue weighted by Gasteiger charge is -2.19. The van der Waals surface area contributed by atoms with Gasteiger partial charge < -0.3 is 5.32 Å². The van der Waals surface area contributed by atoms with Crippen molar-refractivity contribution in [3.05, 3.63) is 42.2 Å². The maximum atomic E-state index is 4.38. The molecule has 0 radical (unpaired) electrons. The van der Waals surface area contributed by atoms with Gasteiger partial charge in [-0.15, -0.1) is 0 Å². The zero-order valence-electron chi connectivity index (χ0n) is 11.3. The van der Waals surface area contributed by atoms with Gasteiger partial charge in [0.1, 0.15) is 0 Å². The molecule has 1 unspecified atom stereocenters. The van der Waals surface area contributed by atoms with Gasteiger partial charge in [-0.3, -0.25) is 4.98 Å². The Morgan fingerprint density at radius 1 is 1.11 bits per heavy atom. The molecule has 96 valence electrons. The summed E-state index contributed by atoms with van der Waals surface area (Å²) in [6.07, 6.45) is 7.48. The maximum Gasteiger partial charge on any atom is 0.0346 e. The fraction of sp³-hybridized carbons (Fsp3) is 0.438. The number of pyridine rings is 1. The van der Waals surface area contributed by atoms with E-state index in [0.717, 1.165) is 13.0 Å². The lowest BCUT2D eigenvalue weighted by Crippen LogP contribution is -2.22. The number of rotatable bonds is 6. The van der Waals surface area contributed by atoms with Gasteiger partial charge in [-0.25, -0.2) is 0 Å². The molecule has 0 saturated carbocycles. The number of fused-ring (bicyclic) bond motifs is 1. The second-order valence-electron chi connectivity index (χ2n) is 4.75. The van der Waals surface area contributed by atoms with Crippen LogP contribution in [0.2, 0.25) is 0 Å². The summed E-state index contributed by atoms with van der Waals surface area (Å²) < 4.78 is 0. The van der Waals surface area contributed by atoms with E-state index in [1.807, 2.05) is 12.4 Å². The van der Waals surface area contributed by atoms with E-state index >= 15 is 0 Å². The van der Waals surface area contributed by atoms with Gasteiger partial charge in [0.05, 0.1) is 0 Å². The number of benzene rings is 1.